The third kappa shape index (κ3) is 1.31. The molecule has 2 aromatic carbocycles. The summed E-state index contributed by atoms with van der Waals surface area (Å²) in [7, 11) is 0. The Labute approximate surface area is 132 Å². The topological polar surface area (TPSA) is 65.4 Å². The van der Waals surface area contributed by atoms with Crippen LogP contribution in [-0.2, 0) is 0 Å². The summed E-state index contributed by atoms with van der Waals surface area (Å²) < 4.78 is 1.95. The predicted octanol–water partition coefficient (Wildman–Crippen LogP) is 3.07. The summed E-state index contributed by atoms with van der Waals surface area (Å²) in [5.74, 6) is 0.794. The van der Waals surface area contributed by atoms with Gasteiger partial charge in [-0.1, -0.05) is 48.5 Å². The number of nitriles is 2. The molecule has 3 aromatic rings. The first-order valence-corrected chi connectivity index (χ1v) is 7.45. The van der Waals surface area contributed by atoms with E-state index in [1.807, 2.05) is 28.8 Å². The number of nitrogens with zero attached hydrogens (tertiary/aromatic N) is 4. The Morgan fingerprint density at radius 3 is 1.91 bits per heavy atom. The van der Waals surface area contributed by atoms with Crippen LogP contribution in [0, 0.1) is 22.7 Å². The maximum Gasteiger partial charge on any atom is 0.177 e. The first-order chi connectivity index (χ1) is 11.3. The van der Waals surface area contributed by atoms with Crippen LogP contribution in [0.4, 0.5) is 0 Å². The van der Waals surface area contributed by atoms with Gasteiger partial charge in [0.1, 0.15) is 18.0 Å². The summed E-state index contributed by atoms with van der Waals surface area (Å²) in [6, 6.07) is 20.8. The smallest absolute Gasteiger partial charge is 0.177 e. The summed E-state index contributed by atoms with van der Waals surface area (Å²) in [6.07, 6.45) is 0. The standard InChI is InChI=1S/C19H10N4/c20-9-15-16(10-21)23-18-13-7-3-1-5-11(13)17(19(23)22-15)12-6-2-4-8-14(12)18/h1-8,17-18H. The number of hydrogen-bond donors (Lipinski definition) is 0. The molecule has 0 amide bonds. The van der Waals surface area contributed by atoms with E-state index in [9.17, 15) is 10.5 Å². The second kappa shape index (κ2) is 4.09. The summed E-state index contributed by atoms with van der Waals surface area (Å²) in [5, 5.41) is 18.9. The Kier molecular flexibility index (Phi) is 2.17. The van der Waals surface area contributed by atoms with Gasteiger partial charge in [0.15, 0.2) is 11.4 Å². The van der Waals surface area contributed by atoms with Gasteiger partial charge < -0.3 is 4.57 Å². The van der Waals surface area contributed by atoms with E-state index in [1.54, 1.807) is 0 Å². The van der Waals surface area contributed by atoms with Gasteiger partial charge in [0.05, 0.1) is 12.0 Å². The van der Waals surface area contributed by atoms with Crippen LogP contribution in [0.15, 0.2) is 48.5 Å². The van der Waals surface area contributed by atoms with Crippen molar-refractivity contribution in [2.24, 2.45) is 0 Å². The first-order valence-electron chi connectivity index (χ1n) is 7.45. The molecule has 0 saturated heterocycles. The zero-order valence-electron chi connectivity index (χ0n) is 12.1. The van der Waals surface area contributed by atoms with Crippen LogP contribution in [0.5, 0.6) is 0 Å². The molecule has 2 aliphatic heterocycles. The van der Waals surface area contributed by atoms with Crippen LogP contribution in [0.2, 0.25) is 0 Å². The minimum absolute atomic E-state index is 0.0124. The molecule has 106 valence electrons. The molecule has 0 radical (unpaired) electrons. The van der Waals surface area contributed by atoms with E-state index < -0.39 is 0 Å². The molecule has 3 heterocycles. The van der Waals surface area contributed by atoms with Crippen molar-refractivity contribution in [3.63, 3.8) is 0 Å². The lowest BCUT2D eigenvalue weighted by Gasteiger charge is -2.41. The highest BCUT2D eigenvalue weighted by Gasteiger charge is 2.44. The number of hydrogen-bond acceptors (Lipinski definition) is 3. The fourth-order valence-corrected chi connectivity index (χ4v) is 4.04. The van der Waals surface area contributed by atoms with Gasteiger partial charge in [-0.3, -0.25) is 0 Å². The fraction of sp³-hybridized carbons (Fsp3) is 0.105. The molecule has 0 N–H and O–H groups in total. The number of imidazole rings is 1. The molecule has 3 aliphatic rings. The van der Waals surface area contributed by atoms with Crippen LogP contribution < -0.4 is 0 Å². The lowest BCUT2D eigenvalue weighted by molar-refractivity contribution is 0.539. The number of benzene rings is 2. The quantitative estimate of drug-likeness (QED) is 0.441. The summed E-state index contributed by atoms with van der Waals surface area (Å²) in [4.78, 5) is 4.50. The first kappa shape index (κ1) is 12.2. The minimum Gasteiger partial charge on any atom is -0.306 e. The van der Waals surface area contributed by atoms with Crippen LogP contribution in [0.3, 0.4) is 0 Å². The van der Waals surface area contributed by atoms with E-state index in [4.69, 9.17) is 0 Å². The third-order valence-corrected chi connectivity index (χ3v) is 4.87. The van der Waals surface area contributed by atoms with Crippen molar-refractivity contribution in [2.75, 3.05) is 0 Å². The van der Waals surface area contributed by atoms with E-state index in [2.05, 4.69) is 41.4 Å². The molecule has 4 nitrogen and oxygen atoms in total. The van der Waals surface area contributed by atoms with Gasteiger partial charge >= 0.3 is 0 Å². The molecule has 0 unspecified atom stereocenters. The Morgan fingerprint density at radius 2 is 1.39 bits per heavy atom. The monoisotopic (exact) mass is 294 g/mol. The Hall–Kier alpha value is -3.37. The normalized spacial score (nSPS) is 19.2. The van der Waals surface area contributed by atoms with Gasteiger partial charge in [0.2, 0.25) is 0 Å². The number of aromatic nitrogens is 2. The van der Waals surface area contributed by atoms with E-state index in [0.717, 1.165) is 5.82 Å². The maximum absolute atomic E-state index is 9.56. The highest BCUT2D eigenvalue weighted by atomic mass is 15.1. The minimum atomic E-state index is -0.0772. The van der Waals surface area contributed by atoms with Crippen LogP contribution >= 0.6 is 0 Å². The molecule has 0 fully saturated rings. The molecule has 0 spiro atoms. The number of rotatable bonds is 0. The van der Waals surface area contributed by atoms with Crippen molar-refractivity contribution < 1.29 is 0 Å². The third-order valence-electron chi connectivity index (χ3n) is 4.87. The average molecular weight is 294 g/mol. The van der Waals surface area contributed by atoms with Crippen LogP contribution in [0.1, 0.15) is 51.4 Å². The van der Waals surface area contributed by atoms with E-state index in [1.165, 1.54) is 22.3 Å². The molecule has 0 saturated carbocycles. The lowest BCUT2D eigenvalue weighted by atomic mass is 9.72. The Bertz CT molecular complexity index is 1010. The van der Waals surface area contributed by atoms with Crippen LogP contribution in [-0.4, -0.2) is 9.55 Å². The molecule has 4 heteroatoms. The van der Waals surface area contributed by atoms with Crippen molar-refractivity contribution in [1.29, 1.82) is 10.5 Å². The lowest BCUT2D eigenvalue weighted by Crippen LogP contribution is -2.33. The highest BCUT2D eigenvalue weighted by Crippen LogP contribution is 2.52. The van der Waals surface area contributed by atoms with Crippen LogP contribution in [0.25, 0.3) is 0 Å². The molecule has 0 atom stereocenters. The van der Waals surface area contributed by atoms with Gasteiger partial charge in [-0.2, -0.15) is 10.5 Å². The van der Waals surface area contributed by atoms with Gasteiger partial charge in [0.25, 0.3) is 0 Å². The van der Waals surface area contributed by atoms with Gasteiger partial charge in [-0.05, 0) is 22.3 Å². The van der Waals surface area contributed by atoms with Crippen molar-refractivity contribution in [2.45, 2.75) is 12.0 Å². The van der Waals surface area contributed by atoms with Crippen molar-refractivity contribution in [1.82, 2.24) is 9.55 Å². The molecule has 1 aliphatic carbocycles. The Balaban J connectivity index is 1.94. The van der Waals surface area contributed by atoms with Gasteiger partial charge in [-0.15, -0.1) is 0 Å². The molecule has 1 aromatic heterocycles. The Morgan fingerprint density at radius 1 is 0.826 bits per heavy atom. The second-order valence-electron chi connectivity index (χ2n) is 5.85. The maximum atomic E-state index is 9.56. The molecule has 23 heavy (non-hydrogen) atoms. The molecule has 6 rings (SSSR count). The molecular formula is C19H10N4. The van der Waals surface area contributed by atoms with E-state index in [-0.39, 0.29) is 17.7 Å². The fourth-order valence-electron chi connectivity index (χ4n) is 4.04. The average Bonchev–Trinajstić information content (AvgIpc) is 3.00. The van der Waals surface area contributed by atoms with Crippen molar-refractivity contribution in [3.8, 4) is 12.1 Å². The van der Waals surface area contributed by atoms with E-state index >= 15 is 0 Å². The van der Waals surface area contributed by atoms with Gasteiger partial charge in [-0.25, -0.2) is 4.98 Å². The summed E-state index contributed by atoms with van der Waals surface area (Å²) in [5.41, 5.74) is 5.43. The SMILES string of the molecule is N#Cc1nc2n(c1C#N)C1c3ccccc3C2c2ccccc21. The van der Waals surface area contributed by atoms with Crippen molar-refractivity contribution in [3.05, 3.63) is 88.0 Å². The zero-order chi connectivity index (χ0) is 15.6. The molecular weight excluding hydrogens is 284 g/mol. The largest absolute Gasteiger partial charge is 0.306 e. The predicted molar refractivity (Wildman–Crippen MR) is 82.7 cm³/mol. The van der Waals surface area contributed by atoms with E-state index in [0.29, 0.717) is 5.69 Å². The zero-order valence-corrected chi connectivity index (χ0v) is 12.1. The summed E-state index contributed by atoms with van der Waals surface area (Å²) in [6.45, 7) is 0. The second-order valence-corrected chi connectivity index (χ2v) is 5.85. The van der Waals surface area contributed by atoms with Crippen molar-refractivity contribution >= 4 is 0 Å². The summed E-state index contributed by atoms with van der Waals surface area (Å²) >= 11 is 0. The van der Waals surface area contributed by atoms with Gasteiger partial charge in [0, 0.05) is 0 Å². The molecule has 2 bridgehead atoms. The highest BCUT2D eigenvalue weighted by molar-refractivity contribution is 5.61.